The minimum Gasteiger partial charge on any atom is -0.455 e. The Balaban J connectivity index is 1.73. The molecule has 1 N–H and O–H groups in total. The monoisotopic (exact) mass is 290 g/mol. The molecule has 1 heterocycles. The number of nitrogens with one attached hydrogen (secondary N) is 1. The molecule has 1 aromatic carbocycles. The molecule has 108 valence electrons. The molecule has 0 radical (unpaired) electrons. The lowest BCUT2D eigenvalue weighted by Crippen LogP contribution is -1.92. The van der Waals surface area contributed by atoms with Crippen LogP contribution in [0.1, 0.15) is 54.5 Å². The zero-order valence-electron chi connectivity index (χ0n) is 12.0. The van der Waals surface area contributed by atoms with Gasteiger partial charge in [-0.3, -0.25) is 5.10 Å². The number of hydrogen-bond donors (Lipinski definition) is 1. The molecular weight excluding hydrogens is 276 g/mol. The van der Waals surface area contributed by atoms with Crippen LogP contribution in [0.15, 0.2) is 18.2 Å². The molecule has 0 amide bonds. The summed E-state index contributed by atoms with van der Waals surface area (Å²) in [6.07, 6.45) is 4.62. The number of H-pyrrole nitrogens is 1. The van der Waals surface area contributed by atoms with E-state index >= 15 is 0 Å². The summed E-state index contributed by atoms with van der Waals surface area (Å²) in [5, 5.41) is 16.7. The van der Waals surface area contributed by atoms with E-state index < -0.39 is 0 Å². The molecule has 0 bridgehead atoms. The second-order valence-electron chi connectivity index (χ2n) is 5.94. The number of ether oxygens (including phenoxy) is 1. The fourth-order valence-corrected chi connectivity index (χ4v) is 2.64. The molecule has 0 spiro atoms. The summed E-state index contributed by atoms with van der Waals surface area (Å²) in [6, 6.07) is 6.99. The van der Waals surface area contributed by atoms with E-state index in [0.29, 0.717) is 28.8 Å². The first-order valence-corrected chi connectivity index (χ1v) is 7.47. The van der Waals surface area contributed by atoms with E-state index in [9.17, 15) is 0 Å². The van der Waals surface area contributed by atoms with Gasteiger partial charge in [-0.25, -0.2) is 4.85 Å². The van der Waals surface area contributed by atoms with Crippen molar-refractivity contribution in [1.82, 2.24) is 10.2 Å². The Kier molecular flexibility index (Phi) is 2.87. The first-order chi connectivity index (χ1) is 10.8. The number of nitriles is 1. The minimum atomic E-state index is 0.415. The third-order valence-corrected chi connectivity index (χ3v) is 4.09. The van der Waals surface area contributed by atoms with Gasteiger partial charge in [-0.15, -0.1) is 0 Å². The van der Waals surface area contributed by atoms with Crippen molar-refractivity contribution in [2.75, 3.05) is 0 Å². The number of nitrogens with zero attached hydrogens (tertiary/aromatic N) is 3. The van der Waals surface area contributed by atoms with Gasteiger partial charge in [0, 0.05) is 17.4 Å². The zero-order valence-corrected chi connectivity index (χ0v) is 12.0. The fourth-order valence-electron chi connectivity index (χ4n) is 2.64. The number of hydrogen-bond acceptors (Lipinski definition) is 3. The van der Waals surface area contributed by atoms with E-state index in [1.807, 2.05) is 0 Å². The van der Waals surface area contributed by atoms with Crippen molar-refractivity contribution in [3.05, 3.63) is 46.6 Å². The van der Waals surface area contributed by atoms with Gasteiger partial charge in [0.25, 0.3) is 0 Å². The van der Waals surface area contributed by atoms with E-state index in [1.165, 1.54) is 0 Å². The smallest absolute Gasteiger partial charge is 0.192 e. The number of rotatable bonds is 4. The Bertz CT molecular complexity index is 754. The van der Waals surface area contributed by atoms with Gasteiger partial charge in [0.2, 0.25) is 0 Å². The van der Waals surface area contributed by atoms with Crippen molar-refractivity contribution in [2.45, 2.75) is 37.5 Å². The molecule has 0 atom stereocenters. The van der Waals surface area contributed by atoms with Gasteiger partial charge in [-0.05, 0) is 43.9 Å². The van der Waals surface area contributed by atoms with Gasteiger partial charge in [0.05, 0.1) is 18.3 Å². The fraction of sp³-hybridized carbons (Fsp3) is 0.353. The van der Waals surface area contributed by atoms with Crippen LogP contribution in [0.3, 0.4) is 0 Å². The first kappa shape index (κ1) is 12.9. The molecule has 2 fully saturated rings. The van der Waals surface area contributed by atoms with Gasteiger partial charge in [0.15, 0.2) is 11.4 Å². The molecule has 2 aromatic rings. The van der Waals surface area contributed by atoms with Crippen LogP contribution >= 0.6 is 0 Å². The Hall–Kier alpha value is -2.79. The topological polar surface area (TPSA) is 66.1 Å². The van der Waals surface area contributed by atoms with Crippen LogP contribution in [0.25, 0.3) is 4.85 Å². The number of aromatic nitrogens is 2. The van der Waals surface area contributed by atoms with Crippen LogP contribution in [-0.2, 0) is 0 Å². The zero-order chi connectivity index (χ0) is 15.1. The second-order valence-corrected chi connectivity index (χ2v) is 5.94. The SMILES string of the molecule is [C-]#[N+]c1cc(C#N)cc(Oc2c(C3CC3)n[nH]c2C2CC2)c1. The molecule has 5 heteroatoms. The molecule has 4 rings (SSSR count). The predicted molar refractivity (Wildman–Crippen MR) is 80.0 cm³/mol. The maximum absolute atomic E-state index is 9.09. The summed E-state index contributed by atoms with van der Waals surface area (Å²) in [4.78, 5) is 3.40. The summed E-state index contributed by atoms with van der Waals surface area (Å²) in [5.41, 5.74) is 2.91. The van der Waals surface area contributed by atoms with E-state index in [4.69, 9.17) is 16.6 Å². The third kappa shape index (κ3) is 2.31. The van der Waals surface area contributed by atoms with Gasteiger partial charge < -0.3 is 4.74 Å². The van der Waals surface area contributed by atoms with E-state index in [-0.39, 0.29) is 0 Å². The van der Waals surface area contributed by atoms with Crippen LogP contribution in [0.5, 0.6) is 11.5 Å². The Morgan fingerprint density at radius 1 is 1.23 bits per heavy atom. The minimum absolute atomic E-state index is 0.415. The summed E-state index contributed by atoms with van der Waals surface area (Å²) in [5.74, 6) is 2.35. The maximum Gasteiger partial charge on any atom is 0.192 e. The molecule has 0 saturated heterocycles. The highest BCUT2D eigenvalue weighted by atomic mass is 16.5. The summed E-state index contributed by atoms with van der Waals surface area (Å²) in [6.45, 7) is 7.14. The van der Waals surface area contributed by atoms with Gasteiger partial charge in [-0.2, -0.15) is 10.4 Å². The van der Waals surface area contributed by atoms with E-state index in [0.717, 1.165) is 42.8 Å². The maximum atomic E-state index is 9.09. The van der Waals surface area contributed by atoms with Crippen molar-refractivity contribution >= 4 is 5.69 Å². The Morgan fingerprint density at radius 3 is 2.64 bits per heavy atom. The third-order valence-electron chi connectivity index (χ3n) is 4.09. The number of aromatic amines is 1. The van der Waals surface area contributed by atoms with Crippen LogP contribution in [0.4, 0.5) is 5.69 Å². The van der Waals surface area contributed by atoms with Crippen molar-refractivity contribution < 1.29 is 4.74 Å². The average Bonchev–Trinajstić information content (AvgIpc) is 3.46. The molecule has 5 nitrogen and oxygen atoms in total. The normalized spacial score (nSPS) is 16.8. The highest BCUT2D eigenvalue weighted by Crippen LogP contribution is 2.51. The Morgan fingerprint density at radius 2 is 2.00 bits per heavy atom. The summed E-state index contributed by atoms with van der Waals surface area (Å²) in [7, 11) is 0. The van der Waals surface area contributed by atoms with Gasteiger partial charge in [0.1, 0.15) is 11.4 Å². The quantitative estimate of drug-likeness (QED) is 0.850. The lowest BCUT2D eigenvalue weighted by molar-refractivity contribution is 0.470. The van der Waals surface area contributed by atoms with Crippen molar-refractivity contribution in [1.29, 1.82) is 5.26 Å². The first-order valence-electron chi connectivity index (χ1n) is 7.47. The average molecular weight is 290 g/mol. The van der Waals surface area contributed by atoms with Gasteiger partial charge >= 0.3 is 0 Å². The molecule has 2 saturated carbocycles. The van der Waals surface area contributed by atoms with Crippen LogP contribution in [-0.4, -0.2) is 10.2 Å². The molecule has 22 heavy (non-hydrogen) atoms. The van der Waals surface area contributed by atoms with E-state index in [2.05, 4.69) is 21.1 Å². The highest BCUT2D eigenvalue weighted by Gasteiger charge is 2.36. The van der Waals surface area contributed by atoms with Crippen molar-refractivity contribution in [3.8, 4) is 17.6 Å². The standard InChI is InChI=1S/C17H14N4O/c1-19-13-6-10(9-18)7-14(8-13)22-17-15(11-2-3-11)20-21-16(17)12-4-5-12/h6-8,11-12H,2-5H2,(H,20,21). The molecule has 0 unspecified atom stereocenters. The lowest BCUT2D eigenvalue weighted by atomic mass is 10.2. The Labute approximate surface area is 128 Å². The molecule has 2 aliphatic rings. The second kappa shape index (κ2) is 4.89. The largest absolute Gasteiger partial charge is 0.455 e. The van der Waals surface area contributed by atoms with Crippen LogP contribution in [0, 0.1) is 17.9 Å². The van der Waals surface area contributed by atoms with Crippen LogP contribution < -0.4 is 4.74 Å². The van der Waals surface area contributed by atoms with Crippen molar-refractivity contribution in [3.63, 3.8) is 0 Å². The summed E-state index contributed by atoms with van der Waals surface area (Å²) >= 11 is 0. The van der Waals surface area contributed by atoms with Crippen LogP contribution in [0.2, 0.25) is 0 Å². The van der Waals surface area contributed by atoms with Crippen molar-refractivity contribution in [2.24, 2.45) is 0 Å². The molecule has 0 aliphatic heterocycles. The molecular formula is C17H14N4O. The molecule has 1 aromatic heterocycles. The number of benzene rings is 1. The van der Waals surface area contributed by atoms with E-state index in [1.54, 1.807) is 18.2 Å². The highest BCUT2D eigenvalue weighted by molar-refractivity contribution is 5.56. The molecule has 2 aliphatic carbocycles. The van der Waals surface area contributed by atoms with Gasteiger partial charge in [-0.1, -0.05) is 0 Å². The predicted octanol–water partition coefficient (Wildman–Crippen LogP) is 4.38. The summed E-state index contributed by atoms with van der Waals surface area (Å²) < 4.78 is 6.08. The lowest BCUT2D eigenvalue weighted by Gasteiger charge is -2.09.